The maximum Gasteiger partial charge on any atom is 0.274 e. The smallest absolute Gasteiger partial charge is 0.274 e. The summed E-state index contributed by atoms with van der Waals surface area (Å²) in [6, 6.07) is 8.82. The van der Waals surface area contributed by atoms with Crippen molar-refractivity contribution in [2.24, 2.45) is 0 Å². The Morgan fingerprint density at radius 1 is 1.08 bits per heavy atom. The molecule has 132 valence electrons. The quantitative estimate of drug-likeness (QED) is 0.835. The number of benzene rings is 1. The number of nitrogens with zero attached hydrogens (tertiary/aromatic N) is 3. The van der Waals surface area contributed by atoms with Gasteiger partial charge in [0.05, 0.1) is 5.02 Å². The molecule has 8 nitrogen and oxygen atoms in total. The van der Waals surface area contributed by atoms with E-state index >= 15 is 0 Å². The lowest BCUT2D eigenvalue weighted by Crippen LogP contribution is -2.50. The van der Waals surface area contributed by atoms with E-state index in [1.165, 1.54) is 33.5 Å². The third-order valence-corrected chi connectivity index (χ3v) is 6.28. The van der Waals surface area contributed by atoms with E-state index in [-0.39, 0.29) is 47.7 Å². The highest BCUT2D eigenvalue weighted by molar-refractivity contribution is 7.89. The Hall–Kier alpha value is -2.23. The third-order valence-electron chi connectivity index (χ3n) is 3.88. The van der Waals surface area contributed by atoms with Gasteiger partial charge in [-0.15, -0.1) is 0 Å². The summed E-state index contributed by atoms with van der Waals surface area (Å²) in [5, 5.41) is 6.07. The molecule has 1 aliphatic heterocycles. The summed E-state index contributed by atoms with van der Waals surface area (Å²) in [6.45, 7) is 0.762. The second-order valence-corrected chi connectivity index (χ2v) is 7.75. The van der Waals surface area contributed by atoms with Gasteiger partial charge >= 0.3 is 0 Å². The summed E-state index contributed by atoms with van der Waals surface area (Å²) in [5.74, 6) is -0.356. The van der Waals surface area contributed by atoms with Crippen molar-refractivity contribution in [1.82, 2.24) is 19.4 Å². The number of carbonyl (C=O) groups excluding carboxylic acids is 1. The van der Waals surface area contributed by atoms with E-state index in [1.54, 1.807) is 12.1 Å². The molecule has 1 saturated heterocycles. The van der Waals surface area contributed by atoms with Gasteiger partial charge in [-0.3, -0.25) is 9.59 Å². The number of carbonyl (C=O) groups is 1. The molecule has 0 saturated carbocycles. The van der Waals surface area contributed by atoms with E-state index < -0.39 is 15.6 Å². The SMILES string of the molecule is O=C(c1ccc(=O)[nH]n1)N1CCN(S(=O)(=O)c2ccccc2Cl)CC1. The molecule has 1 fully saturated rings. The number of hydrogen-bond acceptors (Lipinski definition) is 5. The lowest BCUT2D eigenvalue weighted by Gasteiger charge is -2.33. The van der Waals surface area contributed by atoms with E-state index in [2.05, 4.69) is 10.2 Å². The zero-order valence-corrected chi connectivity index (χ0v) is 14.6. The fourth-order valence-corrected chi connectivity index (χ4v) is 4.47. The van der Waals surface area contributed by atoms with Gasteiger partial charge in [-0.2, -0.15) is 9.40 Å². The lowest BCUT2D eigenvalue weighted by atomic mass is 10.3. The molecule has 1 aromatic heterocycles. The molecule has 2 heterocycles. The summed E-state index contributed by atoms with van der Waals surface area (Å²) in [4.78, 5) is 24.9. The van der Waals surface area contributed by atoms with E-state index in [0.29, 0.717) is 0 Å². The van der Waals surface area contributed by atoms with Gasteiger partial charge in [0, 0.05) is 32.2 Å². The Balaban J connectivity index is 1.71. The van der Waals surface area contributed by atoms with Crippen LogP contribution in [0, 0.1) is 0 Å². The molecule has 2 aromatic rings. The zero-order chi connectivity index (χ0) is 18.0. The summed E-state index contributed by atoms with van der Waals surface area (Å²) in [5.41, 5.74) is -0.283. The van der Waals surface area contributed by atoms with Crippen LogP contribution >= 0.6 is 11.6 Å². The zero-order valence-electron chi connectivity index (χ0n) is 13.1. The molecule has 0 unspecified atom stereocenters. The number of hydrogen-bond donors (Lipinski definition) is 1. The number of piperazine rings is 1. The minimum atomic E-state index is -3.71. The first-order valence-corrected chi connectivity index (χ1v) is 9.31. The van der Waals surface area contributed by atoms with Gasteiger partial charge < -0.3 is 4.90 Å². The largest absolute Gasteiger partial charge is 0.335 e. The molecule has 1 aliphatic rings. The summed E-state index contributed by atoms with van der Waals surface area (Å²) in [7, 11) is -3.71. The van der Waals surface area contributed by atoms with Crippen LogP contribution in [0.1, 0.15) is 10.5 Å². The molecule has 10 heteroatoms. The first-order chi connectivity index (χ1) is 11.9. The predicted molar refractivity (Wildman–Crippen MR) is 91.0 cm³/mol. The van der Waals surface area contributed by atoms with Crippen molar-refractivity contribution in [1.29, 1.82) is 0 Å². The van der Waals surface area contributed by atoms with E-state index in [1.807, 2.05) is 0 Å². The number of rotatable bonds is 3. The van der Waals surface area contributed by atoms with Crippen LogP contribution in [-0.4, -0.2) is 59.9 Å². The second-order valence-electron chi connectivity index (χ2n) is 5.43. The normalized spacial score (nSPS) is 16.0. The van der Waals surface area contributed by atoms with Crippen LogP contribution in [0.5, 0.6) is 0 Å². The monoisotopic (exact) mass is 382 g/mol. The molecule has 1 N–H and O–H groups in total. The van der Waals surface area contributed by atoms with Crippen LogP contribution in [0.2, 0.25) is 5.02 Å². The molecule has 1 amide bonds. The predicted octanol–water partition coefficient (Wildman–Crippen LogP) is 0.570. The van der Waals surface area contributed by atoms with Crippen molar-refractivity contribution in [2.75, 3.05) is 26.2 Å². The number of sulfonamides is 1. The first-order valence-electron chi connectivity index (χ1n) is 7.49. The average Bonchev–Trinajstić information content (AvgIpc) is 2.62. The average molecular weight is 383 g/mol. The Morgan fingerprint density at radius 3 is 2.36 bits per heavy atom. The molecule has 25 heavy (non-hydrogen) atoms. The van der Waals surface area contributed by atoms with E-state index in [9.17, 15) is 18.0 Å². The van der Waals surface area contributed by atoms with Crippen LogP contribution in [-0.2, 0) is 10.0 Å². The van der Waals surface area contributed by atoms with Gasteiger partial charge in [0.25, 0.3) is 11.5 Å². The number of aromatic amines is 1. The maximum absolute atomic E-state index is 12.7. The summed E-state index contributed by atoms with van der Waals surface area (Å²) < 4.78 is 26.7. The van der Waals surface area contributed by atoms with Gasteiger partial charge in [-0.05, 0) is 18.2 Å². The highest BCUT2D eigenvalue weighted by Crippen LogP contribution is 2.25. The molecule has 0 spiro atoms. The minimum absolute atomic E-state index is 0.0544. The van der Waals surface area contributed by atoms with Crippen LogP contribution in [0.25, 0.3) is 0 Å². The molecule has 0 atom stereocenters. The number of nitrogens with one attached hydrogen (secondary N) is 1. The fraction of sp³-hybridized carbons (Fsp3) is 0.267. The van der Waals surface area contributed by atoms with Crippen LogP contribution in [0.15, 0.2) is 46.1 Å². The molecule has 0 radical (unpaired) electrons. The molecule has 0 aliphatic carbocycles. The van der Waals surface area contributed by atoms with Crippen molar-refractivity contribution < 1.29 is 13.2 Å². The summed E-state index contributed by atoms with van der Waals surface area (Å²) >= 11 is 5.99. The number of aromatic nitrogens is 2. The highest BCUT2D eigenvalue weighted by atomic mass is 35.5. The van der Waals surface area contributed by atoms with Crippen LogP contribution in [0.4, 0.5) is 0 Å². The Bertz CT molecular complexity index is 932. The van der Waals surface area contributed by atoms with Gasteiger partial charge in [-0.1, -0.05) is 23.7 Å². The fourth-order valence-electron chi connectivity index (χ4n) is 2.55. The molecular formula is C15H15ClN4O4S. The summed E-state index contributed by atoms with van der Waals surface area (Å²) in [6.07, 6.45) is 0. The number of amides is 1. The molecular weight excluding hydrogens is 368 g/mol. The lowest BCUT2D eigenvalue weighted by molar-refractivity contribution is 0.0690. The Morgan fingerprint density at radius 2 is 1.76 bits per heavy atom. The standard InChI is InChI=1S/C15H15ClN4O4S/c16-11-3-1-2-4-13(11)25(23,24)20-9-7-19(8-10-20)15(22)12-5-6-14(21)18-17-12/h1-6H,7-10H2,(H,18,21). The maximum atomic E-state index is 12.7. The van der Waals surface area contributed by atoms with E-state index in [0.717, 1.165) is 0 Å². The highest BCUT2D eigenvalue weighted by Gasteiger charge is 2.31. The third kappa shape index (κ3) is 3.58. The van der Waals surface area contributed by atoms with E-state index in [4.69, 9.17) is 11.6 Å². The Labute approximate surface area is 149 Å². The van der Waals surface area contributed by atoms with Gasteiger partial charge in [0.1, 0.15) is 10.6 Å². The molecule has 0 bridgehead atoms. The van der Waals surface area contributed by atoms with Crippen molar-refractivity contribution in [3.8, 4) is 0 Å². The molecule has 3 rings (SSSR count). The van der Waals surface area contributed by atoms with Gasteiger partial charge in [0.2, 0.25) is 10.0 Å². The van der Waals surface area contributed by atoms with Crippen molar-refractivity contribution in [2.45, 2.75) is 4.90 Å². The number of halogens is 1. The second kappa shape index (κ2) is 6.95. The van der Waals surface area contributed by atoms with Gasteiger partial charge in [-0.25, -0.2) is 13.5 Å². The molecule has 1 aromatic carbocycles. The van der Waals surface area contributed by atoms with Gasteiger partial charge in [0.15, 0.2) is 0 Å². The Kier molecular flexibility index (Phi) is 4.89. The van der Waals surface area contributed by atoms with Crippen molar-refractivity contribution in [3.05, 3.63) is 57.5 Å². The topological polar surface area (TPSA) is 103 Å². The van der Waals surface area contributed by atoms with Crippen molar-refractivity contribution >= 4 is 27.5 Å². The van der Waals surface area contributed by atoms with Crippen LogP contribution in [0.3, 0.4) is 0 Å². The van der Waals surface area contributed by atoms with Crippen molar-refractivity contribution in [3.63, 3.8) is 0 Å². The minimum Gasteiger partial charge on any atom is -0.335 e. The van der Waals surface area contributed by atoms with Crippen LogP contribution < -0.4 is 5.56 Å². The first kappa shape index (κ1) is 17.6. The number of H-pyrrole nitrogens is 1.